The third kappa shape index (κ3) is 1.10. The fraction of sp³-hybridized carbons (Fsp3) is 0.125. The summed E-state index contributed by atoms with van der Waals surface area (Å²) in [6.45, 7) is 1.84. The molecular weight excluding hydrogens is 272 g/mol. The smallest absolute Gasteiger partial charge is 0.214 e. The van der Waals surface area contributed by atoms with Gasteiger partial charge < -0.3 is 4.42 Å². The van der Waals surface area contributed by atoms with Gasteiger partial charge in [0, 0.05) is 11.6 Å². The van der Waals surface area contributed by atoms with Crippen LogP contribution >= 0.6 is 22.6 Å². The molecule has 0 amide bonds. The molecule has 0 spiro atoms. The molecule has 2 aromatic rings. The number of aryl methyl sites for hydroxylation is 1. The average Bonchev–Trinajstić information content (AvgIpc) is 2.33. The second-order valence-corrected chi connectivity index (χ2v) is 3.69. The number of nitrogens with zero attached hydrogens (tertiary/aromatic N) is 1. The van der Waals surface area contributed by atoms with Crippen LogP contribution in [0.2, 0.25) is 0 Å². The molecule has 0 fully saturated rings. The minimum Gasteiger partial charge on any atom is -0.461 e. The zero-order valence-corrected chi connectivity index (χ0v) is 8.42. The molecular formula is C8H5FINO. The molecule has 0 N–H and O–H groups in total. The zero-order chi connectivity index (χ0) is 8.72. The first-order chi connectivity index (χ1) is 5.68. The van der Waals surface area contributed by atoms with Crippen molar-refractivity contribution in [2.24, 2.45) is 0 Å². The molecule has 62 valence electrons. The highest BCUT2D eigenvalue weighted by Gasteiger charge is 2.08. The Bertz CT molecular complexity index is 438. The number of fused-ring (bicyclic) bond motifs is 1. The van der Waals surface area contributed by atoms with Crippen molar-refractivity contribution in [2.75, 3.05) is 0 Å². The monoisotopic (exact) mass is 277 g/mol. The Labute approximate surface area is 81.9 Å². The first kappa shape index (κ1) is 7.97. The molecule has 0 bridgehead atoms. The van der Waals surface area contributed by atoms with E-state index in [0.717, 1.165) is 9.13 Å². The van der Waals surface area contributed by atoms with Gasteiger partial charge in [-0.05, 0) is 29.5 Å². The van der Waals surface area contributed by atoms with E-state index in [4.69, 9.17) is 4.42 Å². The van der Waals surface area contributed by atoms with E-state index in [1.165, 1.54) is 6.07 Å². The van der Waals surface area contributed by atoms with E-state index in [9.17, 15) is 4.39 Å². The van der Waals surface area contributed by atoms with Gasteiger partial charge in [-0.3, -0.25) is 0 Å². The summed E-state index contributed by atoms with van der Waals surface area (Å²) < 4.78 is 18.7. The van der Waals surface area contributed by atoms with Gasteiger partial charge >= 0.3 is 0 Å². The van der Waals surface area contributed by atoms with Crippen molar-refractivity contribution < 1.29 is 8.81 Å². The van der Waals surface area contributed by atoms with Gasteiger partial charge in [0.15, 0.2) is 5.58 Å². The molecule has 0 aliphatic rings. The number of aromatic nitrogens is 1. The summed E-state index contributed by atoms with van der Waals surface area (Å²) in [5, 5.41) is 0. The van der Waals surface area contributed by atoms with E-state index >= 15 is 0 Å². The molecule has 2 heterocycles. The van der Waals surface area contributed by atoms with Gasteiger partial charge in [0.1, 0.15) is 5.52 Å². The highest BCUT2D eigenvalue weighted by molar-refractivity contribution is 14.1. The van der Waals surface area contributed by atoms with E-state index in [-0.39, 0.29) is 0 Å². The maximum Gasteiger partial charge on any atom is 0.214 e. The van der Waals surface area contributed by atoms with Crippen LogP contribution in [-0.4, -0.2) is 4.98 Å². The van der Waals surface area contributed by atoms with E-state index in [0.29, 0.717) is 11.1 Å². The molecule has 0 saturated heterocycles. The zero-order valence-electron chi connectivity index (χ0n) is 6.27. The maximum absolute atomic E-state index is 12.8. The largest absolute Gasteiger partial charge is 0.461 e. The lowest BCUT2D eigenvalue weighted by molar-refractivity contribution is 0.581. The fourth-order valence-corrected chi connectivity index (χ4v) is 1.70. The van der Waals surface area contributed by atoms with Crippen molar-refractivity contribution in [2.45, 2.75) is 6.92 Å². The number of furan rings is 1. The van der Waals surface area contributed by atoms with Gasteiger partial charge in [-0.1, -0.05) is 0 Å². The molecule has 0 aromatic carbocycles. The van der Waals surface area contributed by atoms with Gasteiger partial charge in [-0.15, -0.1) is 0 Å². The number of pyridine rings is 1. The third-order valence-corrected chi connectivity index (χ3v) is 2.42. The molecule has 0 aliphatic heterocycles. The Kier molecular flexibility index (Phi) is 1.79. The van der Waals surface area contributed by atoms with Crippen molar-refractivity contribution in [3.8, 4) is 0 Å². The van der Waals surface area contributed by atoms with Crippen LogP contribution in [0.4, 0.5) is 4.39 Å². The fourth-order valence-electron chi connectivity index (χ4n) is 1.06. The van der Waals surface area contributed by atoms with Gasteiger partial charge in [-0.2, -0.15) is 4.39 Å². The van der Waals surface area contributed by atoms with Crippen molar-refractivity contribution in [3.05, 3.63) is 27.4 Å². The minimum absolute atomic E-state index is 0.462. The highest BCUT2D eigenvalue weighted by Crippen LogP contribution is 2.23. The summed E-state index contributed by atoms with van der Waals surface area (Å²) in [5.74, 6) is -0.462. The van der Waals surface area contributed by atoms with E-state index in [1.807, 2.05) is 29.5 Å². The van der Waals surface area contributed by atoms with Crippen LogP contribution in [0.5, 0.6) is 0 Å². The van der Waals surface area contributed by atoms with Gasteiger partial charge in [-0.25, -0.2) is 4.98 Å². The van der Waals surface area contributed by atoms with Crippen LogP contribution in [0.3, 0.4) is 0 Å². The summed E-state index contributed by atoms with van der Waals surface area (Å²) in [6.07, 6.45) is 1.58. The average molecular weight is 277 g/mol. The van der Waals surface area contributed by atoms with Gasteiger partial charge in [0.25, 0.3) is 0 Å². The molecule has 0 aliphatic carbocycles. The van der Waals surface area contributed by atoms with Crippen molar-refractivity contribution >= 4 is 33.7 Å². The Morgan fingerprint density at radius 2 is 2.33 bits per heavy atom. The molecule has 0 atom stereocenters. The summed E-state index contributed by atoms with van der Waals surface area (Å²) in [5.41, 5.74) is 2.14. The number of hydrogen-bond donors (Lipinski definition) is 0. The van der Waals surface area contributed by atoms with Crippen molar-refractivity contribution in [1.29, 1.82) is 0 Å². The summed E-state index contributed by atoms with van der Waals surface area (Å²) in [7, 11) is 0. The topological polar surface area (TPSA) is 26.0 Å². The molecule has 4 heteroatoms. The van der Waals surface area contributed by atoms with Gasteiger partial charge in [0.2, 0.25) is 5.95 Å². The van der Waals surface area contributed by atoms with Crippen LogP contribution in [0.15, 0.2) is 16.7 Å². The Morgan fingerprint density at radius 3 is 3.08 bits per heavy atom. The van der Waals surface area contributed by atoms with Crippen molar-refractivity contribution in [3.63, 3.8) is 0 Å². The Hall–Kier alpha value is -0.650. The van der Waals surface area contributed by atoms with Crippen LogP contribution in [0, 0.1) is 16.4 Å². The minimum atomic E-state index is -0.462. The second-order valence-electron chi connectivity index (χ2n) is 2.52. The highest BCUT2D eigenvalue weighted by atomic mass is 127. The van der Waals surface area contributed by atoms with Crippen LogP contribution in [-0.2, 0) is 0 Å². The van der Waals surface area contributed by atoms with E-state index in [2.05, 4.69) is 4.98 Å². The molecule has 0 unspecified atom stereocenters. The summed E-state index contributed by atoms with van der Waals surface area (Å²) in [4.78, 5) is 3.73. The quantitative estimate of drug-likeness (QED) is 0.546. The first-order valence-electron chi connectivity index (χ1n) is 3.38. The van der Waals surface area contributed by atoms with Crippen LogP contribution in [0.25, 0.3) is 11.1 Å². The number of halogens is 2. The normalized spacial score (nSPS) is 10.9. The Morgan fingerprint density at radius 1 is 1.58 bits per heavy atom. The van der Waals surface area contributed by atoms with Gasteiger partial charge in [0.05, 0.1) is 9.83 Å². The number of hydrogen-bond acceptors (Lipinski definition) is 2. The first-order valence-corrected chi connectivity index (χ1v) is 4.46. The van der Waals surface area contributed by atoms with E-state index in [1.54, 1.807) is 6.26 Å². The van der Waals surface area contributed by atoms with E-state index < -0.39 is 5.95 Å². The Balaban J connectivity index is 2.92. The van der Waals surface area contributed by atoms with Crippen molar-refractivity contribution in [1.82, 2.24) is 4.98 Å². The number of rotatable bonds is 0. The predicted octanol–water partition coefficient (Wildman–Crippen LogP) is 2.88. The molecule has 2 aromatic heterocycles. The third-order valence-electron chi connectivity index (χ3n) is 1.62. The lowest BCUT2D eigenvalue weighted by atomic mass is 10.3. The summed E-state index contributed by atoms with van der Waals surface area (Å²) >= 11 is 2.02. The predicted molar refractivity (Wildman–Crippen MR) is 51.4 cm³/mol. The standard InChI is InChI=1S/C8H5FINO/c1-4-3-12-8-5(10)2-6(9)11-7(4)8/h2-3H,1H3. The second kappa shape index (κ2) is 2.69. The van der Waals surface area contributed by atoms with Crippen LogP contribution in [0.1, 0.15) is 5.56 Å². The molecule has 2 rings (SSSR count). The molecule has 0 radical (unpaired) electrons. The molecule has 2 nitrogen and oxygen atoms in total. The maximum atomic E-state index is 12.8. The SMILES string of the molecule is Cc1coc2c(I)cc(F)nc12. The summed E-state index contributed by atoms with van der Waals surface area (Å²) in [6, 6.07) is 1.35. The lowest BCUT2D eigenvalue weighted by Crippen LogP contribution is -1.85. The van der Waals surface area contributed by atoms with Crippen LogP contribution < -0.4 is 0 Å². The lowest BCUT2D eigenvalue weighted by Gasteiger charge is -1.92. The molecule has 0 saturated carbocycles. The molecule has 12 heavy (non-hydrogen) atoms.